The number of amides is 2. The molecule has 0 N–H and O–H groups in total. The maximum atomic E-state index is 12.9. The Labute approximate surface area is 175 Å². The second-order valence-corrected chi connectivity index (χ2v) is 8.11. The van der Waals surface area contributed by atoms with Crippen LogP contribution in [0.2, 0.25) is 0 Å². The van der Waals surface area contributed by atoms with Crippen LogP contribution in [-0.2, 0) is 11.3 Å². The predicted octanol–water partition coefficient (Wildman–Crippen LogP) is 5.85. The van der Waals surface area contributed by atoms with Crippen LogP contribution in [0.3, 0.4) is 0 Å². The van der Waals surface area contributed by atoms with Gasteiger partial charge in [0.25, 0.3) is 11.1 Å². The number of hydrogen-bond donors (Lipinski definition) is 0. The van der Waals surface area contributed by atoms with Crippen LogP contribution < -0.4 is 4.74 Å². The number of halogens is 1. The highest BCUT2D eigenvalue weighted by atomic mass is 79.9. The molecule has 140 valence electrons. The van der Waals surface area contributed by atoms with E-state index in [1.165, 1.54) is 4.90 Å². The maximum absolute atomic E-state index is 12.9. The summed E-state index contributed by atoms with van der Waals surface area (Å²) in [5.41, 5.74) is 1.77. The Morgan fingerprint density at radius 3 is 2.46 bits per heavy atom. The molecule has 0 saturated carbocycles. The molecule has 4 nitrogen and oxygen atoms in total. The van der Waals surface area contributed by atoms with Gasteiger partial charge in [-0.3, -0.25) is 14.5 Å². The molecule has 0 aliphatic carbocycles. The zero-order chi connectivity index (χ0) is 19.7. The van der Waals surface area contributed by atoms with Crippen molar-refractivity contribution in [3.05, 3.63) is 81.2 Å². The van der Waals surface area contributed by atoms with Crippen LogP contribution in [0.1, 0.15) is 11.1 Å². The first-order valence-electron chi connectivity index (χ1n) is 8.63. The van der Waals surface area contributed by atoms with Crippen molar-refractivity contribution in [1.82, 2.24) is 4.90 Å². The lowest BCUT2D eigenvalue weighted by molar-refractivity contribution is -0.123. The smallest absolute Gasteiger partial charge is 0.293 e. The van der Waals surface area contributed by atoms with Crippen LogP contribution in [0.15, 0.2) is 70.0 Å². The molecule has 1 fully saturated rings. The van der Waals surface area contributed by atoms with E-state index < -0.39 is 0 Å². The monoisotopic (exact) mass is 453 g/mol. The molecule has 2 amide bonds. The minimum atomic E-state index is -0.273. The molecule has 0 spiro atoms. The van der Waals surface area contributed by atoms with Crippen molar-refractivity contribution in [3.8, 4) is 5.75 Å². The molecular weight excluding hydrogens is 438 g/mol. The molecule has 0 bridgehead atoms. The molecule has 0 aromatic heterocycles. The van der Waals surface area contributed by atoms with Gasteiger partial charge in [-0.05, 0) is 46.5 Å². The SMILES string of the molecule is COc1ccc(/C=C2\SC(=O)N(Cc3ccccc3Br)C2=O)c2ccccc12. The zero-order valence-corrected chi connectivity index (χ0v) is 17.4. The third kappa shape index (κ3) is 3.45. The average molecular weight is 454 g/mol. The van der Waals surface area contributed by atoms with Gasteiger partial charge in [0.1, 0.15) is 5.75 Å². The molecule has 1 heterocycles. The summed E-state index contributed by atoms with van der Waals surface area (Å²) in [6.07, 6.45) is 1.78. The number of carbonyl (C=O) groups is 2. The number of fused-ring (bicyclic) bond motifs is 1. The van der Waals surface area contributed by atoms with Crippen LogP contribution in [0.4, 0.5) is 4.79 Å². The van der Waals surface area contributed by atoms with E-state index in [-0.39, 0.29) is 17.7 Å². The standard InChI is InChI=1S/C22H16BrNO3S/c1-27-19-11-10-14(16-7-3-4-8-17(16)19)12-20-21(25)24(22(26)28-20)13-15-6-2-5-9-18(15)23/h2-12H,13H2,1H3/b20-12-. The minimum absolute atomic E-state index is 0.243. The second kappa shape index (κ2) is 7.81. The van der Waals surface area contributed by atoms with E-state index in [1.54, 1.807) is 13.2 Å². The first-order valence-corrected chi connectivity index (χ1v) is 10.2. The van der Waals surface area contributed by atoms with E-state index in [4.69, 9.17) is 4.74 Å². The van der Waals surface area contributed by atoms with Gasteiger partial charge in [-0.2, -0.15) is 0 Å². The summed E-state index contributed by atoms with van der Waals surface area (Å²) in [5.74, 6) is 0.500. The van der Waals surface area contributed by atoms with Gasteiger partial charge in [-0.1, -0.05) is 64.5 Å². The van der Waals surface area contributed by atoms with Crippen LogP contribution in [0.5, 0.6) is 5.75 Å². The molecule has 0 atom stereocenters. The molecular formula is C22H16BrNO3S. The predicted molar refractivity (Wildman–Crippen MR) is 116 cm³/mol. The Kier molecular flexibility index (Phi) is 5.24. The highest BCUT2D eigenvalue weighted by Crippen LogP contribution is 2.36. The molecule has 3 aromatic carbocycles. The molecule has 1 aliphatic heterocycles. The normalized spacial score (nSPS) is 15.6. The van der Waals surface area contributed by atoms with E-state index in [0.717, 1.165) is 43.9 Å². The third-order valence-electron chi connectivity index (χ3n) is 4.58. The highest BCUT2D eigenvalue weighted by molar-refractivity contribution is 9.10. The van der Waals surface area contributed by atoms with Gasteiger partial charge in [0.05, 0.1) is 18.6 Å². The molecule has 6 heteroatoms. The Bertz CT molecular complexity index is 1130. The summed E-state index contributed by atoms with van der Waals surface area (Å²) in [5, 5.41) is 1.68. The van der Waals surface area contributed by atoms with Crippen molar-refractivity contribution < 1.29 is 14.3 Å². The first kappa shape index (κ1) is 18.8. The van der Waals surface area contributed by atoms with E-state index in [2.05, 4.69) is 15.9 Å². The summed E-state index contributed by atoms with van der Waals surface area (Å²) in [6, 6.07) is 19.2. The van der Waals surface area contributed by atoms with Crippen LogP contribution in [-0.4, -0.2) is 23.2 Å². The molecule has 28 heavy (non-hydrogen) atoms. The summed E-state index contributed by atoms with van der Waals surface area (Å²) in [7, 11) is 1.63. The van der Waals surface area contributed by atoms with Crippen molar-refractivity contribution in [3.63, 3.8) is 0 Å². The van der Waals surface area contributed by atoms with Crippen molar-refractivity contribution in [2.45, 2.75) is 6.54 Å². The van der Waals surface area contributed by atoms with Crippen molar-refractivity contribution in [2.75, 3.05) is 7.11 Å². The van der Waals surface area contributed by atoms with Crippen molar-refractivity contribution in [1.29, 1.82) is 0 Å². The van der Waals surface area contributed by atoms with Crippen molar-refractivity contribution >= 4 is 55.7 Å². The molecule has 1 aliphatic rings. The van der Waals surface area contributed by atoms with E-state index in [9.17, 15) is 9.59 Å². The summed E-state index contributed by atoms with van der Waals surface area (Å²) in [6.45, 7) is 0.243. The first-order chi connectivity index (χ1) is 13.6. The van der Waals surface area contributed by atoms with Crippen LogP contribution in [0.25, 0.3) is 16.8 Å². The van der Waals surface area contributed by atoms with Gasteiger partial charge in [0, 0.05) is 9.86 Å². The quantitative estimate of drug-likeness (QED) is 0.465. The summed E-state index contributed by atoms with van der Waals surface area (Å²) in [4.78, 5) is 27.0. The van der Waals surface area contributed by atoms with E-state index in [0.29, 0.717) is 4.91 Å². The Balaban J connectivity index is 1.68. The number of ether oxygens (including phenoxy) is 1. The number of benzene rings is 3. The lowest BCUT2D eigenvalue weighted by Crippen LogP contribution is -2.27. The summed E-state index contributed by atoms with van der Waals surface area (Å²) < 4.78 is 6.30. The van der Waals surface area contributed by atoms with Gasteiger partial charge in [-0.15, -0.1) is 0 Å². The maximum Gasteiger partial charge on any atom is 0.293 e. The number of nitrogens with zero attached hydrogens (tertiary/aromatic N) is 1. The lowest BCUT2D eigenvalue weighted by Gasteiger charge is -2.13. The molecule has 0 unspecified atom stereocenters. The van der Waals surface area contributed by atoms with Gasteiger partial charge >= 0.3 is 0 Å². The minimum Gasteiger partial charge on any atom is -0.496 e. The van der Waals surface area contributed by atoms with Crippen molar-refractivity contribution in [2.24, 2.45) is 0 Å². The molecule has 1 saturated heterocycles. The number of carbonyl (C=O) groups excluding carboxylic acids is 2. The fraction of sp³-hybridized carbons (Fsp3) is 0.0909. The summed E-state index contributed by atoms with van der Waals surface area (Å²) >= 11 is 4.44. The van der Waals surface area contributed by atoms with Crippen LogP contribution in [0, 0.1) is 0 Å². The second-order valence-electron chi connectivity index (χ2n) is 6.26. The Hall–Kier alpha value is -2.57. The number of hydrogen-bond acceptors (Lipinski definition) is 4. The fourth-order valence-electron chi connectivity index (χ4n) is 3.17. The highest BCUT2D eigenvalue weighted by Gasteiger charge is 2.35. The number of methoxy groups -OCH3 is 1. The largest absolute Gasteiger partial charge is 0.496 e. The number of thioether (sulfide) groups is 1. The average Bonchev–Trinajstić information content (AvgIpc) is 2.97. The van der Waals surface area contributed by atoms with Crippen LogP contribution >= 0.6 is 27.7 Å². The number of rotatable bonds is 4. The lowest BCUT2D eigenvalue weighted by atomic mass is 10.0. The Morgan fingerprint density at radius 1 is 1.00 bits per heavy atom. The fourth-order valence-corrected chi connectivity index (χ4v) is 4.41. The van der Waals surface area contributed by atoms with E-state index >= 15 is 0 Å². The van der Waals surface area contributed by atoms with Gasteiger partial charge in [-0.25, -0.2) is 0 Å². The van der Waals surface area contributed by atoms with Gasteiger partial charge in [0.15, 0.2) is 0 Å². The topological polar surface area (TPSA) is 46.6 Å². The van der Waals surface area contributed by atoms with Gasteiger partial charge in [0.2, 0.25) is 0 Å². The third-order valence-corrected chi connectivity index (χ3v) is 6.27. The molecule has 0 radical (unpaired) electrons. The molecule has 4 rings (SSSR count). The molecule has 3 aromatic rings. The van der Waals surface area contributed by atoms with E-state index in [1.807, 2.05) is 60.7 Å². The Morgan fingerprint density at radius 2 is 1.71 bits per heavy atom. The zero-order valence-electron chi connectivity index (χ0n) is 15.0. The van der Waals surface area contributed by atoms with Gasteiger partial charge < -0.3 is 4.74 Å². The number of imide groups is 1.